The molecule has 108 valence electrons. The van der Waals surface area contributed by atoms with Crippen molar-refractivity contribution in [3.63, 3.8) is 0 Å². The van der Waals surface area contributed by atoms with E-state index in [1.54, 1.807) is 29.8 Å². The highest BCUT2D eigenvalue weighted by molar-refractivity contribution is 5.97. The summed E-state index contributed by atoms with van der Waals surface area (Å²) in [6, 6.07) is 9.17. The molecule has 1 amide bonds. The van der Waals surface area contributed by atoms with Crippen LogP contribution in [-0.4, -0.2) is 15.7 Å². The highest BCUT2D eigenvalue weighted by Crippen LogP contribution is 2.16. The number of amides is 1. The van der Waals surface area contributed by atoms with Crippen LogP contribution in [-0.2, 0) is 13.1 Å². The van der Waals surface area contributed by atoms with E-state index < -0.39 is 0 Å². The summed E-state index contributed by atoms with van der Waals surface area (Å²) in [5, 5.41) is 15.9. The van der Waals surface area contributed by atoms with Crippen molar-refractivity contribution in [2.75, 3.05) is 5.73 Å². The summed E-state index contributed by atoms with van der Waals surface area (Å²) in [6.45, 7) is 4.58. The van der Waals surface area contributed by atoms with E-state index in [0.717, 1.165) is 5.56 Å². The normalized spacial score (nSPS) is 10.1. The number of benzene rings is 1. The number of nitriles is 1. The standard InChI is InChI=1S/C15H17N5O/c1-3-20-14(13(17)10(2)19-20)15(21)18-9-12-6-4-5-11(7-12)8-16/h4-7H,3,9,17H2,1-2H3,(H,18,21). The molecule has 0 saturated heterocycles. The van der Waals surface area contributed by atoms with Gasteiger partial charge in [-0.1, -0.05) is 12.1 Å². The summed E-state index contributed by atoms with van der Waals surface area (Å²) in [4.78, 5) is 12.3. The van der Waals surface area contributed by atoms with Gasteiger partial charge in [0.2, 0.25) is 0 Å². The van der Waals surface area contributed by atoms with Gasteiger partial charge in [-0.3, -0.25) is 9.48 Å². The fourth-order valence-electron chi connectivity index (χ4n) is 2.08. The number of hydrogen-bond donors (Lipinski definition) is 2. The second-order valence-electron chi connectivity index (χ2n) is 4.66. The average Bonchev–Trinajstić information content (AvgIpc) is 2.80. The molecule has 6 heteroatoms. The van der Waals surface area contributed by atoms with Gasteiger partial charge in [-0.05, 0) is 31.5 Å². The van der Waals surface area contributed by atoms with Crippen molar-refractivity contribution in [2.45, 2.75) is 26.9 Å². The SMILES string of the molecule is CCn1nc(C)c(N)c1C(=O)NCc1cccc(C#N)c1. The Morgan fingerprint density at radius 3 is 2.95 bits per heavy atom. The molecule has 2 aromatic rings. The van der Waals surface area contributed by atoms with Crippen molar-refractivity contribution in [3.05, 3.63) is 46.8 Å². The summed E-state index contributed by atoms with van der Waals surface area (Å²) in [6.07, 6.45) is 0. The fraction of sp³-hybridized carbons (Fsp3) is 0.267. The molecule has 3 N–H and O–H groups in total. The van der Waals surface area contributed by atoms with Gasteiger partial charge in [-0.25, -0.2) is 0 Å². The van der Waals surface area contributed by atoms with Crippen molar-refractivity contribution in [3.8, 4) is 6.07 Å². The van der Waals surface area contributed by atoms with Crippen molar-refractivity contribution < 1.29 is 4.79 Å². The largest absolute Gasteiger partial charge is 0.395 e. The van der Waals surface area contributed by atoms with Crippen LogP contribution in [0.25, 0.3) is 0 Å². The molecule has 0 aliphatic carbocycles. The quantitative estimate of drug-likeness (QED) is 0.890. The molecule has 0 saturated carbocycles. The number of hydrogen-bond acceptors (Lipinski definition) is 4. The minimum Gasteiger partial charge on any atom is -0.395 e. The monoisotopic (exact) mass is 283 g/mol. The zero-order chi connectivity index (χ0) is 15.4. The highest BCUT2D eigenvalue weighted by atomic mass is 16.2. The number of carbonyl (C=O) groups excluding carboxylic acids is 1. The first-order chi connectivity index (χ1) is 10.1. The molecule has 0 unspecified atom stereocenters. The van der Waals surface area contributed by atoms with Crippen LogP contribution in [0.15, 0.2) is 24.3 Å². The average molecular weight is 283 g/mol. The van der Waals surface area contributed by atoms with E-state index >= 15 is 0 Å². The molecule has 0 spiro atoms. The predicted molar refractivity (Wildman–Crippen MR) is 79.4 cm³/mol. The minimum absolute atomic E-state index is 0.266. The molecule has 6 nitrogen and oxygen atoms in total. The van der Waals surface area contributed by atoms with Gasteiger partial charge in [-0.2, -0.15) is 10.4 Å². The maximum Gasteiger partial charge on any atom is 0.271 e. The van der Waals surface area contributed by atoms with Gasteiger partial charge in [0.15, 0.2) is 0 Å². The maximum atomic E-state index is 12.3. The Hall–Kier alpha value is -2.81. The molecular formula is C15H17N5O. The van der Waals surface area contributed by atoms with E-state index in [2.05, 4.69) is 16.5 Å². The van der Waals surface area contributed by atoms with Gasteiger partial charge in [0.05, 0.1) is 23.0 Å². The smallest absolute Gasteiger partial charge is 0.271 e. The lowest BCUT2D eigenvalue weighted by atomic mass is 10.1. The van der Waals surface area contributed by atoms with Gasteiger partial charge in [0.25, 0.3) is 5.91 Å². The Kier molecular flexibility index (Phi) is 4.24. The summed E-state index contributed by atoms with van der Waals surface area (Å²) >= 11 is 0. The lowest BCUT2D eigenvalue weighted by Crippen LogP contribution is -2.26. The van der Waals surface area contributed by atoms with Crippen molar-refractivity contribution >= 4 is 11.6 Å². The van der Waals surface area contributed by atoms with Crippen LogP contribution in [0.4, 0.5) is 5.69 Å². The summed E-state index contributed by atoms with van der Waals surface area (Å²) in [5.41, 5.74) is 8.76. The predicted octanol–water partition coefficient (Wildman–Crippen LogP) is 1.60. The van der Waals surface area contributed by atoms with Gasteiger partial charge < -0.3 is 11.1 Å². The number of carbonyl (C=O) groups is 1. The number of nitrogens with one attached hydrogen (secondary N) is 1. The first-order valence-electron chi connectivity index (χ1n) is 6.67. The van der Waals surface area contributed by atoms with E-state index in [-0.39, 0.29) is 5.91 Å². The third kappa shape index (κ3) is 3.03. The number of nitrogen functional groups attached to an aromatic ring is 1. The van der Waals surface area contributed by atoms with Gasteiger partial charge >= 0.3 is 0 Å². The zero-order valence-electron chi connectivity index (χ0n) is 12.1. The Balaban J connectivity index is 2.14. The van der Waals surface area contributed by atoms with Gasteiger partial charge in [-0.15, -0.1) is 0 Å². The Labute approximate surface area is 123 Å². The molecule has 2 rings (SSSR count). The van der Waals surface area contributed by atoms with E-state index in [0.29, 0.717) is 35.7 Å². The van der Waals surface area contributed by atoms with Crippen molar-refractivity contribution in [1.82, 2.24) is 15.1 Å². The maximum absolute atomic E-state index is 12.3. The first kappa shape index (κ1) is 14.6. The van der Waals surface area contributed by atoms with E-state index in [1.165, 1.54) is 0 Å². The number of rotatable bonds is 4. The number of aryl methyl sites for hydroxylation is 2. The minimum atomic E-state index is -0.266. The van der Waals surface area contributed by atoms with E-state index in [1.807, 2.05) is 13.0 Å². The molecule has 1 heterocycles. The first-order valence-corrected chi connectivity index (χ1v) is 6.67. The van der Waals surface area contributed by atoms with E-state index in [4.69, 9.17) is 11.0 Å². The second-order valence-corrected chi connectivity index (χ2v) is 4.66. The summed E-state index contributed by atoms with van der Waals surface area (Å²) < 4.78 is 1.59. The number of nitrogens with zero attached hydrogens (tertiary/aromatic N) is 3. The third-order valence-electron chi connectivity index (χ3n) is 3.20. The van der Waals surface area contributed by atoms with Crippen molar-refractivity contribution in [2.24, 2.45) is 0 Å². The lowest BCUT2D eigenvalue weighted by molar-refractivity contribution is 0.0941. The molecule has 1 aromatic heterocycles. The molecule has 0 aliphatic rings. The molecule has 0 radical (unpaired) electrons. The van der Waals surface area contributed by atoms with Crippen LogP contribution in [0.2, 0.25) is 0 Å². The van der Waals surface area contributed by atoms with Crippen LogP contribution in [0.5, 0.6) is 0 Å². The fourth-order valence-corrected chi connectivity index (χ4v) is 2.08. The third-order valence-corrected chi connectivity index (χ3v) is 3.20. The molecule has 0 fully saturated rings. The summed E-state index contributed by atoms with van der Waals surface area (Å²) in [7, 11) is 0. The number of nitrogens with two attached hydrogens (primary N) is 1. The molecular weight excluding hydrogens is 266 g/mol. The van der Waals surface area contributed by atoms with Crippen molar-refractivity contribution in [1.29, 1.82) is 5.26 Å². The lowest BCUT2D eigenvalue weighted by Gasteiger charge is -2.08. The number of anilines is 1. The van der Waals surface area contributed by atoms with Crippen LogP contribution >= 0.6 is 0 Å². The van der Waals surface area contributed by atoms with Crippen LogP contribution in [0.1, 0.15) is 34.2 Å². The Morgan fingerprint density at radius 1 is 1.52 bits per heavy atom. The molecule has 0 atom stereocenters. The Morgan fingerprint density at radius 2 is 2.29 bits per heavy atom. The zero-order valence-corrected chi connectivity index (χ0v) is 12.1. The second kappa shape index (κ2) is 6.09. The molecule has 21 heavy (non-hydrogen) atoms. The van der Waals surface area contributed by atoms with Crippen LogP contribution < -0.4 is 11.1 Å². The van der Waals surface area contributed by atoms with Gasteiger partial charge in [0.1, 0.15) is 5.69 Å². The Bertz CT molecular complexity index is 711. The van der Waals surface area contributed by atoms with Gasteiger partial charge in [0, 0.05) is 13.1 Å². The molecule has 1 aromatic carbocycles. The molecule has 0 aliphatic heterocycles. The van der Waals surface area contributed by atoms with E-state index in [9.17, 15) is 4.79 Å². The summed E-state index contributed by atoms with van der Waals surface area (Å²) in [5.74, 6) is -0.266. The van der Waals surface area contributed by atoms with Crippen LogP contribution in [0.3, 0.4) is 0 Å². The number of aromatic nitrogens is 2. The van der Waals surface area contributed by atoms with Crippen LogP contribution in [0, 0.1) is 18.3 Å². The highest BCUT2D eigenvalue weighted by Gasteiger charge is 2.18. The molecule has 0 bridgehead atoms. The topological polar surface area (TPSA) is 96.7 Å².